The summed E-state index contributed by atoms with van der Waals surface area (Å²) >= 11 is 1.49. The van der Waals surface area contributed by atoms with Gasteiger partial charge in [-0.3, -0.25) is 4.79 Å². The maximum absolute atomic E-state index is 13.3. The lowest BCUT2D eigenvalue weighted by Gasteiger charge is -2.19. The fraction of sp³-hybridized carbons (Fsp3) is 0.379. The minimum Gasteiger partial charge on any atom is -0.478 e. The summed E-state index contributed by atoms with van der Waals surface area (Å²) in [6, 6.07) is 11.5. The number of nitrogens with one attached hydrogen (secondary N) is 2. The van der Waals surface area contributed by atoms with Gasteiger partial charge in [-0.2, -0.15) is 13.2 Å². The molecule has 1 aromatic heterocycles. The number of aryl methyl sites for hydroxylation is 2. The van der Waals surface area contributed by atoms with Gasteiger partial charge in [0, 0.05) is 9.75 Å². The number of aromatic carboxylic acids is 1. The molecule has 5 nitrogen and oxygen atoms in total. The number of carbonyl (C=O) groups is 2. The number of thiophene rings is 1. The summed E-state index contributed by atoms with van der Waals surface area (Å²) in [6.45, 7) is 10.2. The molecule has 3 N–H and O–H groups in total. The molecule has 1 saturated carbocycles. The number of alkyl halides is 3. The van der Waals surface area contributed by atoms with Crippen LogP contribution in [0.5, 0.6) is 0 Å². The first kappa shape index (κ1) is 29.4. The second-order valence-corrected chi connectivity index (χ2v) is 10.7. The van der Waals surface area contributed by atoms with Gasteiger partial charge in [-0.15, -0.1) is 11.3 Å². The van der Waals surface area contributed by atoms with Crippen LogP contribution in [0.3, 0.4) is 0 Å². The summed E-state index contributed by atoms with van der Waals surface area (Å²) in [6.07, 6.45) is -2.53. The summed E-state index contributed by atoms with van der Waals surface area (Å²) in [4.78, 5) is 26.2. The van der Waals surface area contributed by atoms with Crippen molar-refractivity contribution in [1.29, 1.82) is 0 Å². The van der Waals surface area contributed by atoms with Gasteiger partial charge in [0.1, 0.15) is 0 Å². The highest BCUT2D eigenvalue weighted by molar-refractivity contribution is 7.12. The van der Waals surface area contributed by atoms with Gasteiger partial charge in [0.25, 0.3) is 5.91 Å². The summed E-state index contributed by atoms with van der Waals surface area (Å²) in [5.41, 5.74) is 1.88. The van der Waals surface area contributed by atoms with Gasteiger partial charge in [0.15, 0.2) is 0 Å². The van der Waals surface area contributed by atoms with Crippen LogP contribution in [0.2, 0.25) is 0 Å². The molecule has 38 heavy (non-hydrogen) atoms. The zero-order chi connectivity index (χ0) is 28.1. The Bertz CT molecular complexity index is 1260. The van der Waals surface area contributed by atoms with E-state index in [1.807, 2.05) is 13.8 Å². The van der Waals surface area contributed by atoms with E-state index < -0.39 is 23.2 Å². The molecule has 1 heterocycles. The van der Waals surface area contributed by atoms with Crippen LogP contribution in [0.15, 0.2) is 48.5 Å². The van der Waals surface area contributed by atoms with Gasteiger partial charge >= 0.3 is 12.1 Å². The highest BCUT2D eigenvalue weighted by Gasteiger charge is 2.46. The van der Waals surface area contributed by atoms with E-state index in [9.17, 15) is 22.8 Å². The van der Waals surface area contributed by atoms with E-state index in [0.29, 0.717) is 17.5 Å². The fourth-order valence-corrected chi connectivity index (χ4v) is 5.40. The van der Waals surface area contributed by atoms with Crippen molar-refractivity contribution in [3.05, 3.63) is 91.7 Å². The van der Waals surface area contributed by atoms with Crippen molar-refractivity contribution in [2.24, 2.45) is 0 Å². The van der Waals surface area contributed by atoms with Gasteiger partial charge < -0.3 is 15.7 Å². The highest BCUT2D eigenvalue weighted by atomic mass is 32.1. The van der Waals surface area contributed by atoms with Crippen molar-refractivity contribution in [2.75, 3.05) is 13.1 Å². The predicted molar refractivity (Wildman–Crippen MR) is 144 cm³/mol. The van der Waals surface area contributed by atoms with Crippen LogP contribution in [0.25, 0.3) is 0 Å². The van der Waals surface area contributed by atoms with Crippen LogP contribution in [-0.2, 0) is 18.1 Å². The molecule has 1 aliphatic rings. The minimum atomic E-state index is -4.39. The first-order valence-electron chi connectivity index (χ1n) is 12.5. The van der Waals surface area contributed by atoms with Crippen molar-refractivity contribution in [3.63, 3.8) is 0 Å². The van der Waals surface area contributed by atoms with Gasteiger partial charge in [0.2, 0.25) is 0 Å². The Balaban J connectivity index is 0.000000732. The summed E-state index contributed by atoms with van der Waals surface area (Å²) in [5, 5.41) is 15.3. The molecular weight excluding hydrogens is 513 g/mol. The molecule has 0 radical (unpaired) electrons. The summed E-state index contributed by atoms with van der Waals surface area (Å²) in [5.74, 6) is -1.23. The van der Waals surface area contributed by atoms with Crippen molar-refractivity contribution in [3.8, 4) is 0 Å². The Kier molecular flexibility index (Phi) is 9.38. The zero-order valence-corrected chi connectivity index (χ0v) is 22.8. The molecule has 1 aliphatic carbocycles. The van der Waals surface area contributed by atoms with Gasteiger partial charge in [-0.05, 0) is 87.2 Å². The Labute approximate surface area is 225 Å². The average molecular weight is 547 g/mol. The molecule has 4 rings (SSSR count). The summed E-state index contributed by atoms with van der Waals surface area (Å²) < 4.78 is 38.6. The molecule has 0 atom stereocenters. The highest BCUT2D eigenvalue weighted by Crippen LogP contribution is 2.46. The van der Waals surface area contributed by atoms with Gasteiger partial charge in [-0.1, -0.05) is 38.1 Å². The molecule has 0 unspecified atom stereocenters. The van der Waals surface area contributed by atoms with E-state index in [1.165, 1.54) is 35.6 Å². The number of hydrogen-bond acceptors (Lipinski definition) is 4. The number of amides is 1. The minimum absolute atomic E-state index is 0.184. The topological polar surface area (TPSA) is 78.4 Å². The van der Waals surface area contributed by atoms with E-state index in [4.69, 9.17) is 5.11 Å². The molecule has 3 aromatic rings. The van der Waals surface area contributed by atoms with E-state index in [1.54, 1.807) is 12.1 Å². The van der Waals surface area contributed by atoms with Crippen molar-refractivity contribution >= 4 is 23.2 Å². The van der Waals surface area contributed by atoms with Crippen LogP contribution in [0, 0.1) is 13.8 Å². The average Bonchev–Trinajstić information content (AvgIpc) is 3.58. The Morgan fingerprint density at radius 3 is 1.97 bits per heavy atom. The lowest BCUT2D eigenvalue weighted by Crippen LogP contribution is -2.35. The molecule has 0 saturated heterocycles. The number of rotatable bonds is 8. The molecule has 1 fully saturated rings. The molecule has 0 bridgehead atoms. The number of benzene rings is 2. The zero-order valence-electron chi connectivity index (χ0n) is 22.0. The normalized spacial score (nSPS) is 13.9. The van der Waals surface area contributed by atoms with Crippen molar-refractivity contribution < 1.29 is 27.9 Å². The molecule has 9 heteroatoms. The van der Waals surface area contributed by atoms with E-state index in [2.05, 4.69) is 24.5 Å². The van der Waals surface area contributed by atoms with Crippen molar-refractivity contribution in [2.45, 2.75) is 58.7 Å². The molecule has 2 aromatic carbocycles. The third kappa shape index (κ3) is 7.02. The quantitative estimate of drug-likeness (QED) is 0.294. The van der Waals surface area contributed by atoms with E-state index in [-0.39, 0.29) is 11.5 Å². The monoisotopic (exact) mass is 546 g/mol. The Hall–Kier alpha value is -3.17. The van der Waals surface area contributed by atoms with Gasteiger partial charge in [-0.25, -0.2) is 4.79 Å². The maximum atomic E-state index is 13.3. The first-order chi connectivity index (χ1) is 17.9. The van der Waals surface area contributed by atoms with Gasteiger partial charge in [0.05, 0.1) is 22.2 Å². The van der Waals surface area contributed by atoms with Crippen LogP contribution in [0.4, 0.5) is 13.2 Å². The number of carboxylic acids is 1. The van der Waals surface area contributed by atoms with E-state index >= 15 is 0 Å². The number of halogens is 3. The van der Waals surface area contributed by atoms with Crippen LogP contribution in [-0.4, -0.2) is 30.1 Å². The number of hydrogen-bond donors (Lipinski definition) is 3. The SMILES string of the molecule is CCNCC.Cc1sc(C)c(C(=O)NC2(c3ccc(C(=O)O)cc3)CC2)c1Cc1ccc(C(F)(F)F)cc1. The third-order valence-corrected chi connectivity index (χ3v) is 7.62. The first-order valence-corrected chi connectivity index (χ1v) is 13.4. The molecule has 0 aliphatic heterocycles. The van der Waals surface area contributed by atoms with Crippen LogP contribution < -0.4 is 10.6 Å². The second-order valence-electron chi connectivity index (χ2n) is 9.32. The standard InChI is InChI=1S/C25H22F3NO3S.C4H11N/c1-14-20(13-16-3-7-19(8-4-16)25(26,27)28)21(15(2)33-14)22(30)29-24(11-12-24)18-9-5-17(6-10-18)23(31)32;1-3-5-4-2/h3-10H,11-13H2,1-2H3,(H,29,30)(H,31,32);5H,3-4H2,1-2H3. The summed E-state index contributed by atoms with van der Waals surface area (Å²) in [7, 11) is 0. The van der Waals surface area contributed by atoms with E-state index in [0.717, 1.165) is 58.9 Å². The lowest BCUT2D eigenvalue weighted by molar-refractivity contribution is -0.137. The largest absolute Gasteiger partial charge is 0.478 e. The predicted octanol–water partition coefficient (Wildman–Crippen LogP) is 6.71. The lowest BCUT2D eigenvalue weighted by atomic mass is 9.97. The Morgan fingerprint density at radius 1 is 0.947 bits per heavy atom. The molecule has 0 spiro atoms. The fourth-order valence-electron chi connectivity index (χ4n) is 4.33. The molecular formula is C29H33F3N2O3S. The second kappa shape index (κ2) is 12.1. The maximum Gasteiger partial charge on any atom is 0.416 e. The van der Waals surface area contributed by atoms with Crippen LogP contribution in [0.1, 0.15) is 79.4 Å². The molecule has 1 amide bonds. The van der Waals surface area contributed by atoms with Crippen molar-refractivity contribution in [1.82, 2.24) is 10.6 Å². The third-order valence-electron chi connectivity index (χ3n) is 6.56. The molecule has 204 valence electrons. The number of carboxylic acid groups (broad SMARTS) is 1. The number of carbonyl (C=O) groups excluding carboxylic acids is 1. The van der Waals surface area contributed by atoms with Crippen LogP contribution >= 0.6 is 11.3 Å². The smallest absolute Gasteiger partial charge is 0.416 e. The Morgan fingerprint density at radius 2 is 1.53 bits per heavy atom.